The molecule has 11 heteroatoms. The molecule has 3 aromatic rings. The van der Waals surface area contributed by atoms with E-state index in [0.29, 0.717) is 22.4 Å². The molecule has 0 atom stereocenters. The van der Waals surface area contributed by atoms with Gasteiger partial charge < -0.3 is 25.5 Å². The third-order valence-electron chi connectivity index (χ3n) is 4.90. The molecule has 0 spiro atoms. The van der Waals surface area contributed by atoms with Crippen LogP contribution in [0, 0.1) is 18.6 Å². The van der Waals surface area contributed by atoms with Crippen molar-refractivity contribution in [3.05, 3.63) is 85.2 Å². The maximum Gasteiger partial charge on any atom is 0.404 e. The van der Waals surface area contributed by atoms with Crippen LogP contribution in [0.2, 0.25) is 0 Å². The van der Waals surface area contributed by atoms with Crippen LogP contribution in [0.4, 0.5) is 13.6 Å². The molecule has 34 heavy (non-hydrogen) atoms. The van der Waals surface area contributed by atoms with Crippen molar-refractivity contribution in [1.29, 1.82) is 0 Å². The topological polar surface area (TPSA) is 124 Å². The summed E-state index contributed by atoms with van der Waals surface area (Å²) in [7, 11) is 1.45. The lowest BCUT2D eigenvalue weighted by Crippen LogP contribution is -2.20. The number of aromatic amines is 1. The first-order valence-corrected chi connectivity index (χ1v) is 10.7. The highest BCUT2D eigenvalue weighted by Crippen LogP contribution is 2.39. The first-order valence-electron chi connectivity index (χ1n) is 9.89. The van der Waals surface area contributed by atoms with Crippen molar-refractivity contribution < 1.29 is 27.8 Å². The predicted molar refractivity (Wildman–Crippen MR) is 123 cm³/mol. The summed E-state index contributed by atoms with van der Waals surface area (Å²) in [6.07, 6.45) is -0.963. The molecular weight excluding hydrogens is 516 g/mol. The minimum absolute atomic E-state index is 0.0274. The van der Waals surface area contributed by atoms with E-state index < -0.39 is 29.2 Å². The van der Waals surface area contributed by atoms with Gasteiger partial charge in [0.2, 0.25) is 0 Å². The predicted octanol–water partition coefficient (Wildman–Crippen LogP) is 3.92. The number of halogens is 3. The highest BCUT2D eigenvalue weighted by Gasteiger charge is 2.23. The summed E-state index contributed by atoms with van der Waals surface area (Å²) in [5, 5.41) is 2.54. The van der Waals surface area contributed by atoms with Crippen molar-refractivity contribution in [2.45, 2.75) is 20.1 Å². The van der Waals surface area contributed by atoms with Crippen molar-refractivity contribution in [2.75, 3.05) is 7.05 Å². The van der Waals surface area contributed by atoms with Gasteiger partial charge >= 0.3 is 6.09 Å². The number of hydrogen-bond acceptors (Lipinski definition) is 5. The number of H-pyrrole nitrogens is 1. The van der Waals surface area contributed by atoms with Crippen LogP contribution in [-0.4, -0.2) is 24.0 Å². The molecule has 0 fully saturated rings. The summed E-state index contributed by atoms with van der Waals surface area (Å²) in [5.74, 6) is -1.92. The van der Waals surface area contributed by atoms with E-state index in [4.69, 9.17) is 15.2 Å². The number of aryl methyl sites for hydroxylation is 1. The SMILES string of the molecule is CNC(=O)c1cc(COC(N)=O)ccc1-c1c(C)[nH]c(=O)c(Br)c1OCc1ccc(F)cc1F. The van der Waals surface area contributed by atoms with E-state index in [9.17, 15) is 23.2 Å². The lowest BCUT2D eigenvalue weighted by atomic mass is 9.95. The fraction of sp³-hybridized carbons (Fsp3) is 0.174. The Bertz CT molecular complexity index is 1330. The standard InChI is InChI=1S/C23H20BrF2N3O5/c1-11-18(15-6-3-12(9-34-23(27)32)7-16(15)21(30)28-2)20(19(24)22(31)29-11)33-10-13-4-5-14(25)8-17(13)26/h3-8H,9-10H2,1-2H3,(H2,27,32)(H,28,30)(H,29,31). The number of benzene rings is 2. The second kappa shape index (κ2) is 10.5. The Morgan fingerprint density at radius 3 is 2.53 bits per heavy atom. The average Bonchev–Trinajstić information content (AvgIpc) is 2.79. The Kier molecular flexibility index (Phi) is 7.67. The van der Waals surface area contributed by atoms with Crippen molar-refractivity contribution in [2.24, 2.45) is 5.73 Å². The molecule has 1 heterocycles. The van der Waals surface area contributed by atoms with Gasteiger partial charge in [-0.15, -0.1) is 0 Å². The van der Waals surface area contributed by atoms with Crippen molar-refractivity contribution in [3.8, 4) is 16.9 Å². The molecule has 0 saturated heterocycles. The van der Waals surface area contributed by atoms with Gasteiger partial charge in [-0.05, 0) is 52.2 Å². The average molecular weight is 536 g/mol. The fourth-order valence-electron chi connectivity index (χ4n) is 3.30. The molecule has 0 aliphatic rings. The van der Waals surface area contributed by atoms with Gasteiger partial charge in [0.05, 0.1) is 0 Å². The zero-order chi connectivity index (χ0) is 25.0. The monoisotopic (exact) mass is 535 g/mol. The van der Waals surface area contributed by atoms with Gasteiger partial charge in [-0.25, -0.2) is 13.6 Å². The lowest BCUT2D eigenvalue weighted by Gasteiger charge is -2.18. The highest BCUT2D eigenvalue weighted by atomic mass is 79.9. The van der Waals surface area contributed by atoms with Crippen LogP contribution in [-0.2, 0) is 18.0 Å². The van der Waals surface area contributed by atoms with Crippen molar-refractivity contribution in [3.63, 3.8) is 0 Å². The van der Waals surface area contributed by atoms with Crippen LogP contribution in [0.1, 0.15) is 27.2 Å². The van der Waals surface area contributed by atoms with E-state index in [2.05, 4.69) is 26.2 Å². The lowest BCUT2D eigenvalue weighted by molar-refractivity contribution is 0.0963. The molecule has 0 unspecified atom stereocenters. The van der Waals surface area contributed by atoms with Crippen LogP contribution in [0.5, 0.6) is 5.75 Å². The summed E-state index contributed by atoms with van der Waals surface area (Å²) in [6, 6.07) is 7.79. The van der Waals surface area contributed by atoms with Gasteiger partial charge in [-0.3, -0.25) is 9.59 Å². The second-order valence-corrected chi connectivity index (χ2v) is 7.98. The number of ether oxygens (including phenoxy) is 2. The third kappa shape index (κ3) is 5.42. The molecule has 3 rings (SSSR count). The van der Waals surface area contributed by atoms with Crippen molar-refractivity contribution >= 4 is 27.9 Å². The molecular formula is C23H20BrF2N3O5. The quantitative estimate of drug-likeness (QED) is 0.423. The maximum absolute atomic E-state index is 14.1. The highest BCUT2D eigenvalue weighted by molar-refractivity contribution is 9.10. The van der Waals surface area contributed by atoms with Gasteiger partial charge in [0, 0.05) is 35.5 Å². The zero-order valence-electron chi connectivity index (χ0n) is 18.1. The van der Waals surface area contributed by atoms with Crippen LogP contribution in [0.3, 0.4) is 0 Å². The minimum atomic E-state index is -0.963. The number of carbonyl (C=O) groups excluding carboxylic acids is 2. The van der Waals surface area contributed by atoms with Gasteiger partial charge in [-0.1, -0.05) is 12.1 Å². The van der Waals surface area contributed by atoms with E-state index in [-0.39, 0.29) is 34.6 Å². The number of aromatic nitrogens is 1. The number of carbonyl (C=O) groups is 2. The molecule has 1 aromatic heterocycles. The summed E-state index contributed by atoms with van der Waals surface area (Å²) >= 11 is 3.21. The Morgan fingerprint density at radius 2 is 1.88 bits per heavy atom. The van der Waals surface area contributed by atoms with Gasteiger partial charge in [-0.2, -0.15) is 0 Å². The second-order valence-electron chi connectivity index (χ2n) is 7.19. The largest absolute Gasteiger partial charge is 0.487 e. The van der Waals surface area contributed by atoms with Crippen LogP contribution in [0.25, 0.3) is 11.1 Å². The van der Waals surface area contributed by atoms with E-state index in [1.807, 2.05) is 0 Å². The van der Waals surface area contributed by atoms with E-state index >= 15 is 0 Å². The smallest absolute Gasteiger partial charge is 0.404 e. The summed E-state index contributed by atoms with van der Waals surface area (Å²) < 4.78 is 38.0. The molecule has 0 radical (unpaired) electrons. The number of primary amides is 1. The van der Waals surface area contributed by atoms with Crippen LogP contribution >= 0.6 is 15.9 Å². The molecule has 4 N–H and O–H groups in total. The Morgan fingerprint density at radius 1 is 1.15 bits per heavy atom. The number of pyridine rings is 1. The molecule has 0 saturated carbocycles. The zero-order valence-corrected chi connectivity index (χ0v) is 19.7. The molecule has 2 aromatic carbocycles. The fourth-order valence-corrected chi connectivity index (χ4v) is 3.71. The number of rotatable bonds is 7. The van der Waals surface area contributed by atoms with Crippen molar-refractivity contribution in [1.82, 2.24) is 10.3 Å². The molecule has 0 aliphatic carbocycles. The van der Waals surface area contributed by atoms with Gasteiger partial charge in [0.1, 0.15) is 35.1 Å². The molecule has 2 amide bonds. The number of nitrogens with one attached hydrogen (secondary N) is 2. The summed E-state index contributed by atoms with van der Waals surface area (Å²) in [4.78, 5) is 38.7. The Hall–Kier alpha value is -3.73. The number of amides is 2. The summed E-state index contributed by atoms with van der Waals surface area (Å²) in [6.45, 7) is 1.16. The minimum Gasteiger partial charge on any atom is -0.487 e. The molecule has 0 bridgehead atoms. The molecule has 8 nitrogen and oxygen atoms in total. The van der Waals surface area contributed by atoms with E-state index in [0.717, 1.165) is 12.1 Å². The first-order chi connectivity index (χ1) is 16.1. The first kappa shape index (κ1) is 24.9. The molecule has 0 aliphatic heterocycles. The van der Waals surface area contributed by atoms with Crippen LogP contribution in [0.15, 0.2) is 45.7 Å². The molecule has 178 valence electrons. The Labute approximate surface area is 201 Å². The summed E-state index contributed by atoms with van der Waals surface area (Å²) in [5.41, 5.74) is 6.44. The van der Waals surface area contributed by atoms with E-state index in [1.54, 1.807) is 19.1 Å². The van der Waals surface area contributed by atoms with E-state index in [1.165, 1.54) is 19.2 Å². The number of nitrogens with two attached hydrogens (primary N) is 1. The van der Waals surface area contributed by atoms with Crippen LogP contribution < -0.4 is 21.3 Å². The Balaban J connectivity index is 2.13. The third-order valence-corrected chi connectivity index (χ3v) is 5.62. The van der Waals surface area contributed by atoms with Gasteiger partial charge in [0.15, 0.2) is 0 Å². The normalized spacial score (nSPS) is 10.6. The maximum atomic E-state index is 14.1. The van der Waals surface area contributed by atoms with Gasteiger partial charge in [0.25, 0.3) is 11.5 Å². The number of hydrogen-bond donors (Lipinski definition) is 3.